The lowest BCUT2D eigenvalue weighted by Gasteiger charge is -2.32. The van der Waals surface area contributed by atoms with Crippen LogP contribution >= 0.6 is 0 Å². The molecule has 0 amide bonds. The molecule has 1 aliphatic rings. The van der Waals surface area contributed by atoms with E-state index in [1.54, 1.807) is 0 Å². The summed E-state index contributed by atoms with van der Waals surface area (Å²) in [6, 6.07) is 6.97. The fourth-order valence-electron chi connectivity index (χ4n) is 2.84. The molecular weight excluding hydrogens is 244 g/mol. The molecule has 0 aliphatic carbocycles. The van der Waals surface area contributed by atoms with Crippen molar-refractivity contribution in [1.29, 1.82) is 0 Å². The fraction of sp³-hybridized carbons (Fsp3) is 0.667. The van der Waals surface area contributed by atoms with Gasteiger partial charge in [0.15, 0.2) is 0 Å². The Morgan fingerprint density at radius 2 is 1.95 bits per heavy atom. The Hall–Kier alpha value is -1.02. The van der Waals surface area contributed by atoms with Gasteiger partial charge in [-0.2, -0.15) is 0 Å². The maximum Gasteiger partial charge on any atom is 0.0369 e. The lowest BCUT2D eigenvalue weighted by atomic mass is 9.98. The van der Waals surface area contributed by atoms with Gasteiger partial charge in [-0.25, -0.2) is 0 Å². The molecule has 2 rings (SSSR count). The summed E-state index contributed by atoms with van der Waals surface area (Å²) in [6.45, 7) is 13.6. The van der Waals surface area contributed by atoms with Gasteiger partial charge in [0.1, 0.15) is 0 Å². The van der Waals surface area contributed by atoms with E-state index in [9.17, 15) is 0 Å². The quantitative estimate of drug-likeness (QED) is 0.874. The molecule has 0 aromatic heterocycles. The molecule has 112 valence electrons. The van der Waals surface area contributed by atoms with Crippen molar-refractivity contribution in [2.75, 3.05) is 24.5 Å². The molecule has 0 atom stereocenters. The Bertz CT molecular complexity index is 417. The summed E-state index contributed by atoms with van der Waals surface area (Å²) < 4.78 is 0. The Morgan fingerprint density at radius 1 is 1.25 bits per heavy atom. The van der Waals surface area contributed by atoms with Gasteiger partial charge in [0.2, 0.25) is 0 Å². The van der Waals surface area contributed by atoms with E-state index in [1.165, 1.54) is 42.7 Å². The maximum absolute atomic E-state index is 3.53. The third-order valence-corrected chi connectivity index (χ3v) is 4.34. The van der Waals surface area contributed by atoms with E-state index in [4.69, 9.17) is 0 Å². The van der Waals surface area contributed by atoms with Crippen molar-refractivity contribution in [1.82, 2.24) is 5.32 Å². The van der Waals surface area contributed by atoms with Crippen LogP contribution in [0.3, 0.4) is 0 Å². The molecule has 0 bridgehead atoms. The number of piperidine rings is 1. The highest BCUT2D eigenvalue weighted by Crippen LogP contribution is 2.24. The van der Waals surface area contributed by atoms with Crippen molar-refractivity contribution in [3.63, 3.8) is 0 Å². The van der Waals surface area contributed by atoms with Gasteiger partial charge in [0.25, 0.3) is 0 Å². The lowest BCUT2D eigenvalue weighted by molar-refractivity contribution is 0.438. The minimum atomic E-state index is 0.713. The zero-order valence-electron chi connectivity index (χ0n) is 13.6. The summed E-state index contributed by atoms with van der Waals surface area (Å²) in [5, 5.41) is 3.53. The van der Waals surface area contributed by atoms with Crippen LogP contribution in [0.1, 0.15) is 44.7 Å². The largest absolute Gasteiger partial charge is 0.372 e. The SMILES string of the molecule is Cc1cc(N2CCC(C)CC2)ccc1CNCC(C)C. The van der Waals surface area contributed by atoms with E-state index >= 15 is 0 Å². The number of anilines is 1. The van der Waals surface area contributed by atoms with Gasteiger partial charge in [0, 0.05) is 25.3 Å². The lowest BCUT2D eigenvalue weighted by Crippen LogP contribution is -2.32. The Labute approximate surface area is 124 Å². The number of hydrogen-bond acceptors (Lipinski definition) is 2. The topological polar surface area (TPSA) is 15.3 Å². The van der Waals surface area contributed by atoms with Crippen molar-refractivity contribution < 1.29 is 0 Å². The third-order valence-electron chi connectivity index (χ3n) is 4.34. The van der Waals surface area contributed by atoms with Crippen molar-refractivity contribution in [2.45, 2.75) is 47.1 Å². The normalized spacial score (nSPS) is 16.9. The molecule has 1 saturated heterocycles. The monoisotopic (exact) mass is 274 g/mol. The predicted molar refractivity (Wildman–Crippen MR) is 88.3 cm³/mol. The third kappa shape index (κ3) is 4.24. The molecule has 1 N–H and O–H groups in total. The van der Waals surface area contributed by atoms with Crippen LogP contribution in [0, 0.1) is 18.8 Å². The number of aryl methyl sites for hydroxylation is 1. The van der Waals surface area contributed by atoms with Gasteiger partial charge in [0.05, 0.1) is 0 Å². The van der Waals surface area contributed by atoms with Crippen LogP contribution < -0.4 is 10.2 Å². The maximum atomic E-state index is 3.53. The van der Waals surface area contributed by atoms with E-state index in [2.05, 4.69) is 56.1 Å². The fourth-order valence-corrected chi connectivity index (χ4v) is 2.84. The van der Waals surface area contributed by atoms with Gasteiger partial charge < -0.3 is 10.2 Å². The second-order valence-electron chi connectivity index (χ2n) is 6.81. The molecule has 2 nitrogen and oxygen atoms in total. The molecule has 1 aromatic carbocycles. The number of rotatable bonds is 5. The summed E-state index contributed by atoms with van der Waals surface area (Å²) in [5.74, 6) is 1.61. The molecule has 20 heavy (non-hydrogen) atoms. The summed E-state index contributed by atoms with van der Waals surface area (Å²) in [6.07, 6.45) is 2.66. The summed E-state index contributed by atoms with van der Waals surface area (Å²) >= 11 is 0. The van der Waals surface area contributed by atoms with E-state index in [-0.39, 0.29) is 0 Å². The molecule has 0 unspecified atom stereocenters. The van der Waals surface area contributed by atoms with Crippen LogP contribution in [-0.2, 0) is 6.54 Å². The Kier molecular flexibility index (Phi) is 5.47. The van der Waals surface area contributed by atoms with Gasteiger partial charge in [-0.15, -0.1) is 0 Å². The molecule has 2 heteroatoms. The Balaban J connectivity index is 1.95. The highest BCUT2D eigenvalue weighted by atomic mass is 15.1. The van der Waals surface area contributed by atoms with Crippen LogP contribution in [0.2, 0.25) is 0 Å². The van der Waals surface area contributed by atoms with Gasteiger partial charge in [-0.1, -0.05) is 26.8 Å². The molecule has 1 aromatic rings. The first-order chi connectivity index (χ1) is 9.56. The van der Waals surface area contributed by atoms with Gasteiger partial charge in [-0.3, -0.25) is 0 Å². The van der Waals surface area contributed by atoms with Crippen LogP contribution in [-0.4, -0.2) is 19.6 Å². The van der Waals surface area contributed by atoms with E-state index in [1.807, 2.05) is 0 Å². The Morgan fingerprint density at radius 3 is 2.55 bits per heavy atom. The second kappa shape index (κ2) is 7.12. The van der Waals surface area contributed by atoms with Crippen molar-refractivity contribution in [2.24, 2.45) is 11.8 Å². The minimum absolute atomic E-state index is 0.713. The molecule has 1 heterocycles. The van der Waals surface area contributed by atoms with Crippen LogP contribution in [0.15, 0.2) is 18.2 Å². The first-order valence-electron chi connectivity index (χ1n) is 8.11. The highest BCUT2D eigenvalue weighted by molar-refractivity contribution is 5.51. The molecule has 1 aliphatic heterocycles. The van der Waals surface area contributed by atoms with E-state index < -0.39 is 0 Å². The number of benzene rings is 1. The first kappa shape index (κ1) is 15.4. The van der Waals surface area contributed by atoms with Gasteiger partial charge >= 0.3 is 0 Å². The smallest absolute Gasteiger partial charge is 0.0369 e. The molecule has 0 saturated carbocycles. The van der Waals surface area contributed by atoms with Crippen molar-refractivity contribution in [3.8, 4) is 0 Å². The highest BCUT2D eigenvalue weighted by Gasteiger charge is 2.16. The standard InChI is InChI=1S/C18H30N2/c1-14(2)12-19-13-17-5-6-18(11-16(17)4)20-9-7-15(3)8-10-20/h5-6,11,14-15,19H,7-10,12-13H2,1-4H3. The zero-order valence-corrected chi connectivity index (χ0v) is 13.6. The molecule has 0 spiro atoms. The number of nitrogens with zero attached hydrogens (tertiary/aromatic N) is 1. The zero-order chi connectivity index (χ0) is 14.5. The average molecular weight is 274 g/mol. The van der Waals surface area contributed by atoms with Crippen LogP contribution in [0.25, 0.3) is 0 Å². The predicted octanol–water partition coefficient (Wildman–Crippen LogP) is 3.98. The average Bonchev–Trinajstić information content (AvgIpc) is 2.41. The van der Waals surface area contributed by atoms with Crippen molar-refractivity contribution in [3.05, 3.63) is 29.3 Å². The molecular formula is C18H30N2. The minimum Gasteiger partial charge on any atom is -0.372 e. The summed E-state index contributed by atoms with van der Waals surface area (Å²) in [5.41, 5.74) is 4.25. The van der Waals surface area contributed by atoms with Crippen LogP contribution in [0.5, 0.6) is 0 Å². The molecule has 0 radical (unpaired) electrons. The summed E-state index contributed by atoms with van der Waals surface area (Å²) in [7, 11) is 0. The number of nitrogens with one attached hydrogen (secondary N) is 1. The van der Waals surface area contributed by atoms with Crippen LogP contribution in [0.4, 0.5) is 5.69 Å². The first-order valence-corrected chi connectivity index (χ1v) is 8.11. The number of hydrogen-bond donors (Lipinski definition) is 1. The summed E-state index contributed by atoms with van der Waals surface area (Å²) in [4.78, 5) is 2.54. The van der Waals surface area contributed by atoms with Gasteiger partial charge in [-0.05, 0) is 61.4 Å². The van der Waals surface area contributed by atoms with E-state index in [0.717, 1.165) is 19.0 Å². The molecule has 1 fully saturated rings. The second-order valence-corrected chi connectivity index (χ2v) is 6.81. The van der Waals surface area contributed by atoms with Crippen molar-refractivity contribution >= 4 is 5.69 Å². The van der Waals surface area contributed by atoms with E-state index in [0.29, 0.717) is 5.92 Å².